The Hall–Kier alpha value is -1.11. The van der Waals surface area contributed by atoms with Gasteiger partial charge in [-0.1, -0.05) is 32.9 Å². The lowest BCUT2D eigenvalue weighted by atomic mass is 9.88. The number of hydrogen-bond acceptors (Lipinski definition) is 4. The van der Waals surface area contributed by atoms with Gasteiger partial charge in [0.2, 0.25) is 10.0 Å². The molecule has 3 N–H and O–H groups in total. The highest BCUT2D eigenvalue weighted by molar-refractivity contribution is 7.89. The van der Waals surface area contributed by atoms with E-state index in [1.807, 2.05) is 27.7 Å². The number of sulfonamides is 1. The molecule has 6 heteroatoms. The second kappa shape index (κ2) is 5.48. The standard InChI is InChI=1S/C13H23N3O2S/c1-10(13(2,3)4)16(5)19(17,18)12-9-7-6-8-11(12)15-14/h6-10,15H,14H2,1-5H3. The lowest BCUT2D eigenvalue weighted by Crippen LogP contribution is -2.43. The Morgan fingerprint density at radius 1 is 1.26 bits per heavy atom. The van der Waals surface area contributed by atoms with E-state index < -0.39 is 10.0 Å². The van der Waals surface area contributed by atoms with Crippen LogP contribution < -0.4 is 11.3 Å². The van der Waals surface area contributed by atoms with Crippen molar-refractivity contribution in [2.45, 2.75) is 38.6 Å². The van der Waals surface area contributed by atoms with Crippen molar-refractivity contribution in [1.82, 2.24) is 4.31 Å². The summed E-state index contributed by atoms with van der Waals surface area (Å²) in [5.74, 6) is 5.38. The molecule has 0 aliphatic rings. The van der Waals surface area contributed by atoms with E-state index in [0.717, 1.165) is 0 Å². The first-order chi connectivity index (χ1) is 8.62. The number of nitrogens with one attached hydrogen (secondary N) is 1. The van der Waals surface area contributed by atoms with Crippen molar-refractivity contribution in [1.29, 1.82) is 0 Å². The molecule has 0 aliphatic carbocycles. The Bertz CT molecular complexity index is 535. The third kappa shape index (κ3) is 3.26. The quantitative estimate of drug-likeness (QED) is 0.655. The number of hydrazine groups is 1. The minimum absolute atomic E-state index is 0.136. The zero-order chi connectivity index (χ0) is 14.8. The third-order valence-corrected chi connectivity index (χ3v) is 5.48. The Balaban J connectivity index is 3.25. The van der Waals surface area contributed by atoms with Crippen LogP contribution in [0.2, 0.25) is 0 Å². The number of nitrogens with two attached hydrogens (primary N) is 1. The first kappa shape index (κ1) is 15.9. The van der Waals surface area contributed by atoms with E-state index >= 15 is 0 Å². The largest absolute Gasteiger partial charge is 0.323 e. The number of nitrogens with zero attached hydrogens (tertiary/aromatic N) is 1. The smallest absolute Gasteiger partial charge is 0.245 e. The van der Waals surface area contributed by atoms with Crippen LogP contribution >= 0.6 is 0 Å². The van der Waals surface area contributed by atoms with Crippen LogP contribution in [0.5, 0.6) is 0 Å². The normalized spacial score (nSPS) is 14.5. The maximum absolute atomic E-state index is 12.6. The molecule has 1 aromatic rings. The number of nitrogen functional groups attached to an aromatic ring is 1. The summed E-state index contributed by atoms with van der Waals surface area (Å²) in [7, 11) is -1.98. The van der Waals surface area contributed by atoms with Crippen molar-refractivity contribution < 1.29 is 8.42 Å². The van der Waals surface area contributed by atoms with Crippen LogP contribution in [0, 0.1) is 5.41 Å². The average molecular weight is 285 g/mol. The molecule has 0 bridgehead atoms. The van der Waals surface area contributed by atoms with E-state index in [2.05, 4.69) is 5.43 Å². The van der Waals surface area contributed by atoms with Crippen molar-refractivity contribution in [2.75, 3.05) is 12.5 Å². The van der Waals surface area contributed by atoms with Crippen molar-refractivity contribution >= 4 is 15.7 Å². The Morgan fingerprint density at radius 2 is 1.79 bits per heavy atom. The van der Waals surface area contributed by atoms with E-state index in [9.17, 15) is 8.42 Å². The molecule has 0 aliphatic heterocycles. The van der Waals surface area contributed by atoms with Gasteiger partial charge in [0, 0.05) is 13.1 Å². The summed E-state index contributed by atoms with van der Waals surface area (Å²) in [5.41, 5.74) is 2.68. The molecule has 5 nitrogen and oxygen atoms in total. The predicted molar refractivity (Wildman–Crippen MR) is 78.1 cm³/mol. The summed E-state index contributed by atoms with van der Waals surface area (Å²) in [5, 5.41) is 0. The molecule has 1 atom stereocenters. The summed E-state index contributed by atoms with van der Waals surface area (Å²) in [4.78, 5) is 0.191. The van der Waals surface area contributed by atoms with Gasteiger partial charge in [0.25, 0.3) is 0 Å². The molecular weight excluding hydrogens is 262 g/mol. The predicted octanol–water partition coefficient (Wildman–Crippen LogP) is 2.03. The molecule has 0 fully saturated rings. The highest BCUT2D eigenvalue weighted by Crippen LogP contribution is 2.30. The molecule has 0 amide bonds. The molecule has 0 heterocycles. The lowest BCUT2D eigenvalue weighted by molar-refractivity contribution is 0.216. The zero-order valence-corrected chi connectivity index (χ0v) is 13.0. The van der Waals surface area contributed by atoms with E-state index in [1.165, 1.54) is 4.31 Å². The maximum Gasteiger partial charge on any atom is 0.245 e. The summed E-state index contributed by atoms with van der Waals surface area (Å²) in [6.07, 6.45) is 0. The number of hydrogen-bond donors (Lipinski definition) is 2. The summed E-state index contributed by atoms with van der Waals surface area (Å²) < 4.78 is 26.7. The molecule has 0 aromatic heterocycles. The number of para-hydroxylation sites is 1. The highest BCUT2D eigenvalue weighted by atomic mass is 32.2. The van der Waals surface area contributed by atoms with Crippen molar-refractivity contribution in [3.05, 3.63) is 24.3 Å². The van der Waals surface area contributed by atoms with Gasteiger partial charge in [-0.15, -0.1) is 0 Å². The monoisotopic (exact) mass is 285 g/mol. The fraction of sp³-hybridized carbons (Fsp3) is 0.538. The second-order valence-corrected chi connectivity index (χ2v) is 7.67. The molecule has 1 rings (SSSR count). The fourth-order valence-corrected chi connectivity index (χ4v) is 3.42. The Kier molecular flexibility index (Phi) is 4.60. The van der Waals surface area contributed by atoms with Crippen molar-refractivity contribution in [3.8, 4) is 0 Å². The molecule has 1 unspecified atom stereocenters. The first-order valence-electron chi connectivity index (χ1n) is 6.16. The van der Waals surface area contributed by atoms with E-state index in [-0.39, 0.29) is 16.4 Å². The molecule has 1 aromatic carbocycles. The van der Waals surface area contributed by atoms with E-state index in [1.54, 1.807) is 31.3 Å². The van der Waals surface area contributed by atoms with Gasteiger partial charge in [0.15, 0.2) is 0 Å². The van der Waals surface area contributed by atoms with Crippen molar-refractivity contribution in [3.63, 3.8) is 0 Å². The van der Waals surface area contributed by atoms with Crippen LogP contribution in [0.1, 0.15) is 27.7 Å². The minimum Gasteiger partial charge on any atom is -0.323 e. The molecule has 0 saturated carbocycles. The average Bonchev–Trinajstić information content (AvgIpc) is 2.35. The summed E-state index contributed by atoms with van der Waals surface area (Å²) in [6, 6.07) is 6.48. The van der Waals surface area contributed by atoms with Crippen LogP contribution in [-0.4, -0.2) is 25.8 Å². The van der Waals surface area contributed by atoms with Gasteiger partial charge in [-0.05, 0) is 24.5 Å². The van der Waals surface area contributed by atoms with Gasteiger partial charge in [0.1, 0.15) is 4.90 Å². The molecule has 0 spiro atoms. The van der Waals surface area contributed by atoms with Crippen LogP contribution in [0.3, 0.4) is 0 Å². The maximum atomic E-state index is 12.6. The van der Waals surface area contributed by atoms with Gasteiger partial charge in [-0.25, -0.2) is 8.42 Å². The molecule has 0 radical (unpaired) electrons. The Morgan fingerprint density at radius 3 is 2.26 bits per heavy atom. The lowest BCUT2D eigenvalue weighted by Gasteiger charge is -2.34. The van der Waals surface area contributed by atoms with Crippen LogP contribution in [-0.2, 0) is 10.0 Å². The summed E-state index contributed by atoms with van der Waals surface area (Å²) >= 11 is 0. The third-order valence-electron chi connectivity index (χ3n) is 3.50. The Labute approximate surface area is 115 Å². The van der Waals surface area contributed by atoms with Gasteiger partial charge in [0.05, 0.1) is 5.69 Å². The summed E-state index contributed by atoms with van der Waals surface area (Å²) in [6.45, 7) is 7.93. The zero-order valence-electron chi connectivity index (χ0n) is 12.1. The van der Waals surface area contributed by atoms with Crippen LogP contribution in [0.15, 0.2) is 29.2 Å². The van der Waals surface area contributed by atoms with E-state index in [4.69, 9.17) is 5.84 Å². The molecule has 19 heavy (non-hydrogen) atoms. The number of benzene rings is 1. The molecule has 108 valence electrons. The molecular formula is C13H23N3O2S. The van der Waals surface area contributed by atoms with Gasteiger partial charge in [-0.3, -0.25) is 5.84 Å². The van der Waals surface area contributed by atoms with Gasteiger partial charge < -0.3 is 5.43 Å². The fourth-order valence-electron chi connectivity index (χ4n) is 1.72. The second-order valence-electron chi connectivity index (χ2n) is 5.70. The van der Waals surface area contributed by atoms with Crippen LogP contribution in [0.25, 0.3) is 0 Å². The van der Waals surface area contributed by atoms with Gasteiger partial charge in [-0.2, -0.15) is 4.31 Å². The van der Waals surface area contributed by atoms with Crippen molar-refractivity contribution in [2.24, 2.45) is 11.3 Å². The first-order valence-corrected chi connectivity index (χ1v) is 7.60. The molecule has 0 saturated heterocycles. The SMILES string of the molecule is CC(N(C)S(=O)(=O)c1ccccc1NN)C(C)(C)C. The van der Waals surface area contributed by atoms with Gasteiger partial charge >= 0.3 is 0 Å². The van der Waals surface area contributed by atoms with E-state index in [0.29, 0.717) is 5.69 Å². The number of rotatable bonds is 4. The topological polar surface area (TPSA) is 75.4 Å². The minimum atomic E-state index is -3.57. The highest BCUT2D eigenvalue weighted by Gasteiger charge is 2.33. The number of anilines is 1. The van der Waals surface area contributed by atoms with Crippen LogP contribution in [0.4, 0.5) is 5.69 Å².